The van der Waals surface area contributed by atoms with Crippen LogP contribution in [-0.2, 0) is 11.8 Å². The molecule has 0 bridgehead atoms. The molecular weight excluding hydrogens is 384 g/mol. The van der Waals surface area contributed by atoms with E-state index in [9.17, 15) is 0 Å². The van der Waals surface area contributed by atoms with Crippen LogP contribution >= 0.6 is 0 Å². The maximum absolute atomic E-state index is 4.61. The number of rotatable bonds is 4. The summed E-state index contributed by atoms with van der Waals surface area (Å²) in [5.74, 6) is 0.552. The molecule has 0 N–H and O–H groups in total. The molecule has 0 radical (unpaired) electrons. The predicted octanol–water partition coefficient (Wildman–Crippen LogP) is 8.78. The molecule has 0 heteroatoms. The van der Waals surface area contributed by atoms with E-state index < -0.39 is 0 Å². The monoisotopic (exact) mass is 422 g/mol. The van der Waals surface area contributed by atoms with E-state index >= 15 is 0 Å². The molecule has 0 spiro atoms. The van der Waals surface area contributed by atoms with Gasteiger partial charge in [-0.2, -0.15) is 0 Å². The Morgan fingerprint density at radius 3 is 2.16 bits per heavy atom. The molecule has 2 aliphatic carbocycles. The van der Waals surface area contributed by atoms with Gasteiger partial charge in [-0.05, 0) is 73.0 Å². The van der Waals surface area contributed by atoms with Crippen molar-refractivity contribution >= 4 is 0 Å². The first-order valence-corrected chi connectivity index (χ1v) is 12.0. The highest BCUT2D eigenvalue weighted by atomic mass is 14.5. The fraction of sp³-hybridized carbons (Fsp3) is 0.312. The minimum atomic E-state index is -0.203. The van der Waals surface area contributed by atoms with Crippen molar-refractivity contribution in [1.29, 1.82) is 0 Å². The fourth-order valence-electron chi connectivity index (χ4n) is 5.00. The summed E-state index contributed by atoms with van der Waals surface area (Å²) in [7, 11) is 0. The van der Waals surface area contributed by atoms with Gasteiger partial charge in [-0.25, -0.2) is 0 Å². The highest BCUT2D eigenvalue weighted by molar-refractivity contribution is 5.72. The average Bonchev–Trinajstić information content (AvgIpc) is 3.03. The van der Waals surface area contributed by atoms with Crippen LogP contribution in [0.4, 0.5) is 0 Å². The summed E-state index contributed by atoms with van der Waals surface area (Å²) in [5, 5.41) is 0. The molecule has 2 aromatic rings. The van der Waals surface area contributed by atoms with E-state index in [-0.39, 0.29) is 5.41 Å². The Balaban J connectivity index is 0.00000141. The largest absolute Gasteiger partial charge is 0.0912 e. The van der Waals surface area contributed by atoms with Crippen molar-refractivity contribution in [2.45, 2.75) is 59.8 Å². The minimum absolute atomic E-state index is 0.203. The van der Waals surface area contributed by atoms with Gasteiger partial charge in [0.25, 0.3) is 0 Å². The SMILES string of the molecule is C=C1C2=C(C=CC(C)C2)C(Cc2ccc(C)cc2)(c2ccc(C)cc2)/C1=C/C=C\C.CC. The van der Waals surface area contributed by atoms with Gasteiger partial charge in [0, 0.05) is 5.41 Å². The molecule has 0 aromatic heterocycles. The lowest BCUT2D eigenvalue weighted by molar-refractivity contribution is 0.610. The zero-order valence-corrected chi connectivity index (χ0v) is 20.7. The Labute approximate surface area is 195 Å². The molecule has 2 atom stereocenters. The lowest BCUT2D eigenvalue weighted by Gasteiger charge is -2.35. The fourth-order valence-corrected chi connectivity index (χ4v) is 5.00. The van der Waals surface area contributed by atoms with Crippen LogP contribution in [0, 0.1) is 19.8 Å². The molecule has 0 aliphatic heterocycles. The van der Waals surface area contributed by atoms with E-state index in [1.54, 1.807) is 0 Å². The van der Waals surface area contributed by atoms with Crippen molar-refractivity contribution in [3.63, 3.8) is 0 Å². The Kier molecular flexibility index (Phi) is 7.56. The van der Waals surface area contributed by atoms with E-state index in [0.29, 0.717) is 5.92 Å². The van der Waals surface area contributed by atoms with Crippen molar-refractivity contribution in [1.82, 2.24) is 0 Å². The van der Waals surface area contributed by atoms with Crippen molar-refractivity contribution < 1.29 is 0 Å². The quantitative estimate of drug-likeness (QED) is 0.462. The molecule has 2 aliphatic rings. The third-order valence-corrected chi connectivity index (χ3v) is 6.64. The normalized spacial score (nSPS) is 23.5. The van der Waals surface area contributed by atoms with Crippen molar-refractivity contribution in [2.75, 3.05) is 0 Å². The second-order valence-corrected chi connectivity index (χ2v) is 8.95. The van der Waals surface area contributed by atoms with Crippen LogP contribution in [-0.4, -0.2) is 0 Å². The van der Waals surface area contributed by atoms with Crippen molar-refractivity contribution in [3.05, 3.63) is 130 Å². The van der Waals surface area contributed by atoms with Gasteiger partial charge in [-0.15, -0.1) is 0 Å². The standard InChI is InChI=1S/C30H32.C2H6/c1-6-7-8-28-24(5)27-19-23(4)13-18-29(27)30(28,26-16-11-22(3)12-17-26)20-25-14-9-21(2)10-15-25;1-2/h6-18,23H,5,19-20H2,1-4H3;1-2H3/b7-6-,28-8+;. The average molecular weight is 423 g/mol. The molecule has 0 heterocycles. The molecule has 0 saturated heterocycles. The molecule has 0 amide bonds. The summed E-state index contributed by atoms with van der Waals surface area (Å²) in [4.78, 5) is 0. The smallest absolute Gasteiger partial charge is 0.0500 e. The van der Waals surface area contributed by atoms with Crippen LogP contribution in [0.3, 0.4) is 0 Å². The molecule has 4 rings (SSSR count). The van der Waals surface area contributed by atoms with Gasteiger partial charge in [-0.3, -0.25) is 0 Å². The van der Waals surface area contributed by atoms with Gasteiger partial charge in [0.15, 0.2) is 0 Å². The zero-order chi connectivity index (χ0) is 23.3. The van der Waals surface area contributed by atoms with E-state index in [4.69, 9.17) is 0 Å². The first kappa shape index (κ1) is 23.8. The minimum Gasteiger partial charge on any atom is -0.0912 e. The summed E-state index contributed by atoms with van der Waals surface area (Å²) in [6.07, 6.45) is 13.4. The third kappa shape index (κ3) is 4.37. The lowest BCUT2D eigenvalue weighted by atomic mass is 9.66. The first-order valence-electron chi connectivity index (χ1n) is 12.0. The van der Waals surface area contributed by atoms with Crippen LogP contribution in [0.1, 0.15) is 56.4 Å². The van der Waals surface area contributed by atoms with Crippen LogP contribution in [0.25, 0.3) is 0 Å². The summed E-state index contributed by atoms with van der Waals surface area (Å²) in [6.45, 7) is 17.3. The number of aryl methyl sites for hydroxylation is 2. The van der Waals surface area contributed by atoms with Gasteiger partial charge >= 0.3 is 0 Å². The lowest BCUT2D eigenvalue weighted by Crippen LogP contribution is -2.31. The second-order valence-electron chi connectivity index (χ2n) is 8.95. The molecule has 32 heavy (non-hydrogen) atoms. The van der Waals surface area contributed by atoms with Crippen LogP contribution in [0.2, 0.25) is 0 Å². The summed E-state index contributed by atoms with van der Waals surface area (Å²) in [6, 6.07) is 18.2. The van der Waals surface area contributed by atoms with Gasteiger partial charge in [-0.1, -0.05) is 117 Å². The maximum atomic E-state index is 4.61. The van der Waals surface area contributed by atoms with Crippen LogP contribution in [0.5, 0.6) is 0 Å². The summed E-state index contributed by atoms with van der Waals surface area (Å²) >= 11 is 0. The third-order valence-electron chi connectivity index (χ3n) is 6.64. The van der Waals surface area contributed by atoms with Crippen LogP contribution in [0.15, 0.2) is 108 Å². The Morgan fingerprint density at radius 1 is 0.969 bits per heavy atom. The van der Waals surface area contributed by atoms with Crippen molar-refractivity contribution in [3.8, 4) is 0 Å². The molecule has 0 saturated carbocycles. The molecule has 2 unspecified atom stereocenters. The summed E-state index contributed by atoms with van der Waals surface area (Å²) < 4.78 is 0. The molecule has 2 aromatic carbocycles. The Morgan fingerprint density at radius 2 is 1.56 bits per heavy atom. The van der Waals surface area contributed by atoms with E-state index in [2.05, 4.69) is 113 Å². The highest BCUT2D eigenvalue weighted by Crippen LogP contribution is 2.56. The molecule has 0 fully saturated rings. The topological polar surface area (TPSA) is 0 Å². The Bertz CT molecular complexity index is 1070. The van der Waals surface area contributed by atoms with Gasteiger partial charge in [0.05, 0.1) is 0 Å². The molecule has 0 nitrogen and oxygen atoms in total. The predicted molar refractivity (Wildman–Crippen MR) is 141 cm³/mol. The molecule has 166 valence electrons. The maximum Gasteiger partial charge on any atom is 0.0500 e. The van der Waals surface area contributed by atoms with Gasteiger partial charge < -0.3 is 0 Å². The van der Waals surface area contributed by atoms with Crippen molar-refractivity contribution in [2.24, 2.45) is 5.92 Å². The zero-order valence-electron chi connectivity index (χ0n) is 20.7. The van der Waals surface area contributed by atoms with E-state index in [0.717, 1.165) is 12.8 Å². The highest BCUT2D eigenvalue weighted by Gasteiger charge is 2.47. The van der Waals surface area contributed by atoms with E-state index in [1.165, 1.54) is 44.5 Å². The first-order chi connectivity index (χ1) is 15.5. The molecular formula is C32H38. The number of hydrogen-bond acceptors (Lipinski definition) is 0. The Hall–Kier alpha value is -2.86. The number of hydrogen-bond donors (Lipinski definition) is 0. The van der Waals surface area contributed by atoms with Gasteiger partial charge in [0.1, 0.15) is 0 Å². The van der Waals surface area contributed by atoms with E-state index in [1.807, 2.05) is 13.8 Å². The van der Waals surface area contributed by atoms with Gasteiger partial charge in [0.2, 0.25) is 0 Å². The van der Waals surface area contributed by atoms with Crippen LogP contribution < -0.4 is 0 Å². The summed E-state index contributed by atoms with van der Waals surface area (Å²) in [5.41, 5.74) is 10.5. The second kappa shape index (κ2) is 10.2. The number of benzene rings is 2. The number of allylic oxidation sites excluding steroid dienone is 9.